The van der Waals surface area contributed by atoms with Gasteiger partial charge in [0.15, 0.2) is 5.78 Å². The van der Waals surface area contributed by atoms with E-state index in [0.717, 1.165) is 5.56 Å². The number of ketones is 1. The Bertz CT molecular complexity index is 841. The van der Waals surface area contributed by atoms with Gasteiger partial charge in [0, 0.05) is 30.1 Å². The number of nitrogens with one attached hydrogen (secondary N) is 1. The van der Waals surface area contributed by atoms with Crippen molar-refractivity contribution in [3.8, 4) is 0 Å². The molecule has 1 fully saturated rings. The molecule has 0 unspecified atom stereocenters. The molecule has 152 valence electrons. The van der Waals surface area contributed by atoms with Gasteiger partial charge < -0.3 is 10.2 Å². The number of Topliss-reactive ketones (excluding diaryl/α,β-unsaturated/α-hetero) is 1. The van der Waals surface area contributed by atoms with Crippen LogP contribution in [0.1, 0.15) is 47.4 Å². The van der Waals surface area contributed by atoms with E-state index in [1.165, 1.54) is 0 Å². The first-order chi connectivity index (χ1) is 14.0. The Hall–Kier alpha value is -2.95. The maximum absolute atomic E-state index is 13.1. The number of hydrogen-bond donors (Lipinski definition) is 1. The lowest BCUT2D eigenvalue weighted by atomic mass is 9.88. The third kappa shape index (κ3) is 5.11. The zero-order valence-electron chi connectivity index (χ0n) is 17.0. The highest BCUT2D eigenvalue weighted by atomic mass is 16.2. The van der Waals surface area contributed by atoms with E-state index in [0.29, 0.717) is 31.5 Å². The number of carbonyl (C=O) groups excluding carboxylic acids is 3. The third-order valence-corrected chi connectivity index (χ3v) is 5.49. The molecular formula is C24H28N2O3. The minimum absolute atomic E-state index is 0.0289. The molecule has 2 aromatic carbocycles. The fourth-order valence-electron chi connectivity index (χ4n) is 3.72. The molecule has 1 N–H and O–H groups in total. The number of benzene rings is 2. The van der Waals surface area contributed by atoms with Crippen LogP contribution in [0.15, 0.2) is 60.7 Å². The quantitative estimate of drug-likeness (QED) is 0.765. The van der Waals surface area contributed by atoms with Crippen molar-refractivity contribution < 1.29 is 14.4 Å². The van der Waals surface area contributed by atoms with Crippen molar-refractivity contribution in [1.82, 2.24) is 10.2 Å². The summed E-state index contributed by atoms with van der Waals surface area (Å²) in [4.78, 5) is 40.0. The van der Waals surface area contributed by atoms with Crippen LogP contribution in [0.4, 0.5) is 0 Å². The highest BCUT2D eigenvalue weighted by molar-refractivity contribution is 5.99. The van der Waals surface area contributed by atoms with Crippen LogP contribution < -0.4 is 5.32 Å². The number of rotatable bonds is 6. The van der Waals surface area contributed by atoms with E-state index in [-0.39, 0.29) is 29.4 Å². The smallest absolute Gasteiger partial charge is 0.251 e. The van der Waals surface area contributed by atoms with Crippen molar-refractivity contribution in [3.05, 3.63) is 71.8 Å². The number of amides is 2. The van der Waals surface area contributed by atoms with Crippen LogP contribution in [0, 0.1) is 11.8 Å². The van der Waals surface area contributed by atoms with Gasteiger partial charge in [-0.1, -0.05) is 62.4 Å². The van der Waals surface area contributed by atoms with Crippen LogP contribution in [-0.4, -0.2) is 41.6 Å². The van der Waals surface area contributed by atoms with Crippen molar-refractivity contribution in [3.63, 3.8) is 0 Å². The summed E-state index contributed by atoms with van der Waals surface area (Å²) >= 11 is 0. The minimum Gasteiger partial charge on any atom is -0.341 e. The summed E-state index contributed by atoms with van der Waals surface area (Å²) in [7, 11) is 0. The second kappa shape index (κ2) is 9.50. The monoisotopic (exact) mass is 392 g/mol. The fraction of sp³-hybridized carbons (Fsp3) is 0.375. The molecule has 1 aliphatic rings. The van der Waals surface area contributed by atoms with Crippen molar-refractivity contribution in [2.24, 2.45) is 11.8 Å². The summed E-state index contributed by atoms with van der Waals surface area (Å²) in [6.07, 6.45) is 1.30. The molecule has 0 saturated carbocycles. The second-order valence-corrected chi connectivity index (χ2v) is 7.89. The van der Waals surface area contributed by atoms with Crippen LogP contribution in [0.3, 0.4) is 0 Å². The molecule has 0 aromatic heterocycles. The van der Waals surface area contributed by atoms with Gasteiger partial charge in [0.05, 0.1) is 0 Å². The van der Waals surface area contributed by atoms with Gasteiger partial charge in [0.1, 0.15) is 6.04 Å². The van der Waals surface area contributed by atoms with E-state index in [9.17, 15) is 14.4 Å². The average molecular weight is 392 g/mol. The molecule has 29 heavy (non-hydrogen) atoms. The molecule has 2 aromatic rings. The van der Waals surface area contributed by atoms with Crippen molar-refractivity contribution in [1.29, 1.82) is 0 Å². The molecule has 1 heterocycles. The normalized spacial score (nSPS) is 15.8. The molecule has 1 aliphatic heterocycles. The molecule has 5 nitrogen and oxygen atoms in total. The van der Waals surface area contributed by atoms with Crippen LogP contribution in [0.2, 0.25) is 0 Å². The molecule has 0 spiro atoms. The molecule has 0 bridgehead atoms. The van der Waals surface area contributed by atoms with E-state index < -0.39 is 6.04 Å². The number of hydrogen-bond acceptors (Lipinski definition) is 3. The summed E-state index contributed by atoms with van der Waals surface area (Å²) in [5.74, 6) is -0.256. The Labute approximate surface area is 172 Å². The summed E-state index contributed by atoms with van der Waals surface area (Å²) < 4.78 is 0. The number of piperidine rings is 1. The van der Waals surface area contributed by atoms with E-state index in [4.69, 9.17) is 0 Å². The SMILES string of the molecule is CC(C)[C@@H](NC(=O)c1ccccc1)C(=O)N1CCC(C(=O)c2ccccc2)CC1. The largest absolute Gasteiger partial charge is 0.341 e. The van der Waals surface area contributed by atoms with Crippen LogP contribution in [0.5, 0.6) is 0 Å². The van der Waals surface area contributed by atoms with Crippen molar-refractivity contribution in [2.45, 2.75) is 32.7 Å². The maximum atomic E-state index is 13.1. The highest BCUT2D eigenvalue weighted by Gasteiger charge is 2.33. The lowest BCUT2D eigenvalue weighted by Gasteiger charge is -2.35. The molecule has 1 saturated heterocycles. The van der Waals surface area contributed by atoms with E-state index in [1.54, 1.807) is 29.2 Å². The Morgan fingerprint density at radius 1 is 0.862 bits per heavy atom. The van der Waals surface area contributed by atoms with Gasteiger partial charge in [0.25, 0.3) is 5.91 Å². The van der Waals surface area contributed by atoms with Crippen LogP contribution in [-0.2, 0) is 4.79 Å². The predicted octanol–water partition coefficient (Wildman–Crippen LogP) is 3.56. The third-order valence-electron chi connectivity index (χ3n) is 5.49. The Balaban J connectivity index is 1.60. The molecule has 0 radical (unpaired) electrons. The molecular weight excluding hydrogens is 364 g/mol. The molecule has 5 heteroatoms. The lowest BCUT2D eigenvalue weighted by molar-refractivity contribution is -0.135. The molecule has 3 rings (SSSR count). The Morgan fingerprint density at radius 3 is 1.90 bits per heavy atom. The van der Waals surface area contributed by atoms with Crippen molar-refractivity contribution >= 4 is 17.6 Å². The first-order valence-corrected chi connectivity index (χ1v) is 10.2. The van der Waals surface area contributed by atoms with E-state index in [1.807, 2.05) is 50.2 Å². The topological polar surface area (TPSA) is 66.5 Å². The molecule has 1 atom stereocenters. The molecule has 0 aliphatic carbocycles. The first-order valence-electron chi connectivity index (χ1n) is 10.2. The van der Waals surface area contributed by atoms with Gasteiger partial charge in [0.2, 0.25) is 5.91 Å². The predicted molar refractivity (Wildman–Crippen MR) is 113 cm³/mol. The number of nitrogens with zero attached hydrogens (tertiary/aromatic N) is 1. The second-order valence-electron chi connectivity index (χ2n) is 7.89. The minimum atomic E-state index is -0.580. The van der Waals surface area contributed by atoms with Crippen LogP contribution in [0.25, 0.3) is 0 Å². The zero-order valence-corrected chi connectivity index (χ0v) is 17.0. The van der Waals surface area contributed by atoms with Gasteiger partial charge in [-0.25, -0.2) is 0 Å². The first kappa shape index (κ1) is 20.8. The number of likely N-dealkylation sites (tertiary alicyclic amines) is 1. The number of carbonyl (C=O) groups is 3. The summed E-state index contributed by atoms with van der Waals surface area (Å²) in [5, 5.41) is 2.89. The summed E-state index contributed by atoms with van der Waals surface area (Å²) in [6.45, 7) is 4.93. The van der Waals surface area contributed by atoms with Gasteiger partial charge in [-0.05, 0) is 30.9 Å². The average Bonchev–Trinajstić information content (AvgIpc) is 2.77. The Morgan fingerprint density at radius 2 is 1.38 bits per heavy atom. The van der Waals surface area contributed by atoms with E-state index >= 15 is 0 Å². The van der Waals surface area contributed by atoms with Crippen LogP contribution >= 0.6 is 0 Å². The van der Waals surface area contributed by atoms with Crippen molar-refractivity contribution in [2.75, 3.05) is 13.1 Å². The Kier molecular flexibility index (Phi) is 6.81. The summed E-state index contributed by atoms with van der Waals surface area (Å²) in [5.41, 5.74) is 1.27. The highest BCUT2D eigenvalue weighted by Crippen LogP contribution is 2.23. The molecule has 2 amide bonds. The standard InChI is InChI=1S/C24H28N2O3/c1-17(2)21(25-23(28)20-11-7-4-8-12-20)24(29)26-15-13-19(14-16-26)22(27)18-9-5-3-6-10-18/h3-12,17,19,21H,13-16H2,1-2H3,(H,25,28)/t21-/m1/s1. The lowest BCUT2D eigenvalue weighted by Crippen LogP contribution is -2.53. The van der Waals surface area contributed by atoms with Gasteiger partial charge in [-0.15, -0.1) is 0 Å². The van der Waals surface area contributed by atoms with Gasteiger partial charge >= 0.3 is 0 Å². The van der Waals surface area contributed by atoms with E-state index in [2.05, 4.69) is 5.32 Å². The van der Waals surface area contributed by atoms with Gasteiger partial charge in [-0.2, -0.15) is 0 Å². The van der Waals surface area contributed by atoms with Gasteiger partial charge in [-0.3, -0.25) is 14.4 Å². The maximum Gasteiger partial charge on any atom is 0.251 e. The summed E-state index contributed by atoms with van der Waals surface area (Å²) in [6, 6.07) is 17.7. The fourth-order valence-corrected chi connectivity index (χ4v) is 3.72. The zero-order chi connectivity index (χ0) is 20.8.